The van der Waals surface area contributed by atoms with Gasteiger partial charge in [0.25, 0.3) is 5.91 Å². The van der Waals surface area contributed by atoms with Gasteiger partial charge in [-0.25, -0.2) is 14.4 Å². The Morgan fingerprint density at radius 1 is 1.11 bits per heavy atom. The summed E-state index contributed by atoms with van der Waals surface area (Å²) in [7, 11) is 3.49. The van der Waals surface area contributed by atoms with Gasteiger partial charge in [0.15, 0.2) is 5.82 Å². The van der Waals surface area contributed by atoms with Gasteiger partial charge >= 0.3 is 0 Å². The third-order valence-corrected chi connectivity index (χ3v) is 8.78. The van der Waals surface area contributed by atoms with Crippen molar-refractivity contribution in [3.8, 4) is 34.3 Å². The van der Waals surface area contributed by atoms with E-state index < -0.39 is 12.2 Å². The molecule has 1 amide bonds. The Morgan fingerprint density at radius 3 is 2.64 bits per heavy atom. The van der Waals surface area contributed by atoms with E-state index in [0.29, 0.717) is 46.4 Å². The lowest BCUT2D eigenvalue weighted by Crippen LogP contribution is -2.50. The molecule has 4 heterocycles. The molecule has 10 nitrogen and oxygen atoms in total. The molecule has 7 rings (SSSR count). The monoisotopic (exact) mass is 598 g/mol. The van der Waals surface area contributed by atoms with Crippen LogP contribution in [0.2, 0.25) is 0 Å². The molecular formula is C33H35FN6O4. The molecule has 0 unspecified atom stereocenters. The van der Waals surface area contributed by atoms with Gasteiger partial charge < -0.3 is 34.7 Å². The second-order valence-electron chi connectivity index (χ2n) is 12.0. The quantitative estimate of drug-likeness (QED) is 0.253. The number of aryl methyl sites for hydroxylation is 1. The average molecular weight is 599 g/mol. The zero-order chi connectivity index (χ0) is 30.7. The number of imidazole rings is 1. The van der Waals surface area contributed by atoms with Crippen LogP contribution in [-0.2, 0) is 20.2 Å². The summed E-state index contributed by atoms with van der Waals surface area (Å²) in [5.74, 6) is 1.48. The number of halogens is 1. The molecule has 1 aliphatic carbocycles. The number of hydrogen-bond donors (Lipinski definition) is 3. The molecule has 0 bridgehead atoms. The fraction of sp³-hybridized carbons (Fsp3) is 0.364. The minimum absolute atomic E-state index is 0.0157. The number of aromatic hydroxyl groups is 1. The van der Waals surface area contributed by atoms with Gasteiger partial charge in [0.2, 0.25) is 0 Å². The number of carbonyl (C=O) groups excluding carboxylic acids is 1. The number of aliphatic hydroxyl groups is 1. The summed E-state index contributed by atoms with van der Waals surface area (Å²) < 4.78 is 24.2. The lowest BCUT2D eigenvalue weighted by atomic mass is 10.0. The number of aliphatic hydroxyl groups excluding tert-OH is 1. The standard InChI is InChI=1S/C33H35FN6O4/c1-38-30-26(9-22(12-29(30)44-2)33(43)39-15-23(34)13-24(35)16-39)37-32(38)27-10-20-7-8-25(19-5-6-21(17-41)28(42)11-19)36-31(20)40(27)14-18-3-4-18/h5-12,18,23-24,41-42H,3-4,13-17,35H2,1-2H3/t23-,24-/m1/s1. The topological polar surface area (TPSA) is 132 Å². The Morgan fingerprint density at radius 2 is 1.93 bits per heavy atom. The highest BCUT2D eigenvalue weighted by Crippen LogP contribution is 2.38. The number of nitrogens with zero attached hydrogens (tertiary/aromatic N) is 5. The second kappa shape index (κ2) is 10.9. The van der Waals surface area contributed by atoms with E-state index in [1.807, 2.05) is 29.8 Å². The maximum atomic E-state index is 14.3. The van der Waals surface area contributed by atoms with Crippen molar-refractivity contribution in [2.24, 2.45) is 18.7 Å². The van der Waals surface area contributed by atoms with Gasteiger partial charge in [-0.05, 0) is 61.6 Å². The Balaban J connectivity index is 1.33. The largest absolute Gasteiger partial charge is 0.508 e. The molecule has 228 valence electrons. The number of benzene rings is 2. The van der Waals surface area contributed by atoms with Crippen LogP contribution in [0.3, 0.4) is 0 Å². The summed E-state index contributed by atoms with van der Waals surface area (Å²) in [5, 5.41) is 20.7. The highest BCUT2D eigenvalue weighted by atomic mass is 19.1. The number of piperidine rings is 1. The number of pyridine rings is 1. The van der Waals surface area contributed by atoms with Crippen molar-refractivity contribution >= 4 is 28.0 Å². The molecule has 2 atom stereocenters. The SMILES string of the molecule is COc1cc(C(=O)N2C[C@H](N)C[C@@H](F)C2)cc2nc(-c3cc4ccc(-c5ccc(CO)c(O)c5)nc4n3CC3CC3)n(C)c12. The molecule has 1 aliphatic heterocycles. The van der Waals surface area contributed by atoms with E-state index in [1.165, 1.54) is 4.90 Å². The van der Waals surface area contributed by atoms with E-state index in [4.69, 9.17) is 20.4 Å². The summed E-state index contributed by atoms with van der Waals surface area (Å²) in [4.78, 5) is 24.9. The Kier molecular flexibility index (Phi) is 7.01. The zero-order valence-corrected chi connectivity index (χ0v) is 24.7. The van der Waals surface area contributed by atoms with Crippen molar-refractivity contribution in [3.63, 3.8) is 0 Å². The minimum atomic E-state index is -1.15. The predicted octanol–water partition coefficient (Wildman–Crippen LogP) is 4.38. The molecule has 2 aromatic carbocycles. The van der Waals surface area contributed by atoms with Gasteiger partial charge in [-0.1, -0.05) is 12.1 Å². The smallest absolute Gasteiger partial charge is 0.254 e. The molecule has 1 saturated carbocycles. The molecule has 2 aliphatic rings. The molecule has 5 aromatic rings. The van der Waals surface area contributed by atoms with Crippen molar-refractivity contribution in [3.05, 3.63) is 59.7 Å². The van der Waals surface area contributed by atoms with Crippen LogP contribution in [0.25, 0.3) is 44.8 Å². The van der Waals surface area contributed by atoms with Crippen LogP contribution in [0.1, 0.15) is 35.2 Å². The van der Waals surface area contributed by atoms with Crippen LogP contribution in [0.15, 0.2) is 48.5 Å². The summed E-state index contributed by atoms with van der Waals surface area (Å²) in [6, 6.07) is 14.2. The molecule has 44 heavy (non-hydrogen) atoms. The van der Waals surface area contributed by atoms with Crippen LogP contribution < -0.4 is 10.5 Å². The number of amides is 1. The Bertz CT molecular complexity index is 1900. The lowest BCUT2D eigenvalue weighted by molar-refractivity contribution is 0.0606. The highest BCUT2D eigenvalue weighted by Gasteiger charge is 2.30. The number of rotatable bonds is 7. The third-order valence-electron chi connectivity index (χ3n) is 8.78. The van der Waals surface area contributed by atoms with Crippen LogP contribution in [-0.4, -0.2) is 72.5 Å². The van der Waals surface area contributed by atoms with E-state index in [2.05, 4.69) is 10.6 Å². The molecule has 1 saturated heterocycles. The van der Waals surface area contributed by atoms with Gasteiger partial charge in [0.05, 0.1) is 37.2 Å². The number of hydrogen-bond acceptors (Lipinski definition) is 7. The number of fused-ring (bicyclic) bond motifs is 2. The van der Waals surface area contributed by atoms with Crippen molar-refractivity contribution < 1.29 is 24.1 Å². The fourth-order valence-electron chi connectivity index (χ4n) is 6.32. The van der Waals surface area contributed by atoms with E-state index in [-0.39, 0.29) is 31.2 Å². The molecular weight excluding hydrogens is 563 g/mol. The van der Waals surface area contributed by atoms with Gasteiger partial charge in [0.1, 0.15) is 28.8 Å². The Hall–Kier alpha value is -4.48. The first-order chi connectivity index (χ1) is 21.2. The number of ether oxygens (including phenoxy) is 1. The zero-order valence-electron chi connectivity index (χ0n) is 24.7. The maximum Gasteiger partial charge on any atom is 0.254 e. The van der Waals surface area contributed by atoms with E-state index >= 15 is 0 Å². The lowest BCUT2D eigenvalue weighted by Gasteiger charge is -2.33. The van der Waals surface area contributed by atoms with E-state index in [0.717, 1.165) is 47.2 Å². The number of phenols is 1. The molecule has 11 heteroatoms. The number of methoxy groups -OCH3 is 1. The first-order valence-corrected chi connectivity index (χ1v) is 14.9. The number of likely N-dealkylation sites (tertiary alicyclic amines) is 1. The average Bonchev–Trinajstić information content (AvgIpc) is 3.68. The predicted molar refractivity (Wildman–Crippen MR) is 165 cm³/mol. The summed E-state index contributed by atoms with van der Waals surface area (Å²) >= 11 is 0. The molecule has 0 radical (unpaired) electrons. The summed E-state index contributed by atoms with van der Waals surface area (Å²) in [6.45, 7) is 0.860. The highest BCUT2D eigenvalue weighted by molar-refractivity contribution is 6.00. The molecule has 3 aromatic heterocycles. The van der Waals surface area contributed by atoms with Crippen molar-refractivity contribution in [1.82, 2.24) is 24.0 Å². The maximum absolute atomic E-state index is 14.3. The molecule has 4 N–H and O–H groups in total. The normalized spacial score (nSPS) is 18.8. The van der Waals surface area contributed by atoms with Crippen LogP contribution in [0, 0.1) is 5.92 Å². The van der Waals surface area contributed by atoms with Crippen LogP contribution >= 0.6 is 0 Å². The van der Waals surface area contributed by atoms with Crippen molar-refractivity contribution in [2.45, 2.75) is 44.6 Å². The van der Waals surface area contributed by atoms with Gasteiger partial charge in [-0.2, -0.15) is 0 Å². The van der Waals surface area contributed by atoms with Gasteiger partial charge in [-0.15, -0.1) is 0 Å². The molecule has 0 spiro atoms. The van der Waals surface area contributed by atoms with E-state index in [1.54, 1.807) is 31.4 Å². The minimum Gasteiger partial charge on any atom is -0.508 e. The fourth-order valence-corrected chi connectivity index (χ4v) is 6.32. The van der Waals surface area contributed by atoms with Crippen LogP contribution in [0.4, 0.5) is 4.39 Å². The second-order valence-corrected chi connectivity index (χ2v) is 12.0. The number of nitrogens with two attached hydrogens (primary N) is 1. The number of aromatic nitrogens is 4. The van der Waals surface area contributed by atoms with Gasteiger partial charge in [-0.3, -0.25) is 4.79 Å². The van der Waals surface area contributed by atoms with Crippen molar-refractivity contribution in [2.75, 3.05) is 20.2 Å². The summed E-state index contributed by atoms with van der Waals surface area (Å²) in [6.07, 6.45) is 1.40. The molecule has 2 fully saturated rings. The first kappa shape index (κ1) is 28.3. The number of alkyl halides is 1. The van der Waals surface area contributed by atoms with Crippen LogP contribution in [0.5, 0.6) is 11.5 Å². The van der Waals surface area contributed by atoms with E-state index in [9.17, 15) is 19.4 Å². The number of carbonyl (C=O) groups is 1. The van der Waals surface area contributed by atoms with Crippen molar-refractivity contribution in [1.29, 1.82) is 0 Å². The third kappa shape index (κ3) is 4.95. The van der Waals surface area contributed by atoms with Gasteiger partial charge in [0, 0.05) is 48.3 Å². The summed E-state index contributed by atoms with van der Waals surface area (Å²) in [5.41, 5.74) is 11.4. The first-order valence-electron chi connectivity index (χ1n) is 14.9. The Labute approximate surface area is 253 Å².